The number of pyridine rings is 1. The molecule has 2 amide bonds. The van der Waals surface area contributed by atoms with Crippen molar-refractivity contribution in [2.45, 2.75) is 0 Å². The molecule has 1 aromatic heterocycles. The van der Waals surface area contributed by atoms with Gasteiger partial charge in [0.2, 0.25) is 0 Å². The van der Waals surface area contributed by atoms with E-state index in [1.54, 1.807) is 24.3 Å². The second-order valence-electron chi connectivity index (χ2n) is 4.01. The molecular weight excluding hydrogens is 294 g/mol. The zero-order valence-corrected chi connectivity index (χ0v) is 11.8. The largest absolute Gasteiger partial charge is 0.497 e. The van der Waals surface area contributed by atoms with E-state index in [1.165, 1.54) is 25.4 Å². The maximum absolute atomic E-state index is 11.8. The summed E-state index contributed by atoms with van der Waals surface area (Å²) in [5.41, 5.74) is 5.28. The Hall–Kier alpha value is -2.60. The van der Waals surface area contributed by atoms with Crippen molar-refractivity contribution in [1.82, 2.24) is 15.8 Å². The lowest BCUT2D eigenvalue weighted by Gasteiger charge is -2.07. The fourth-order valence-corrected chi connectivity index (χ4v) is 1.62. The summed E-state index contributed by atoms with van der Waals surface area (Å²) in [6.45, 7) is 0. The van der Waals surface area contributed by atoms with E-state index in [1.807, 2.05) is 0 Å². The zero-order valence-electron chi connectivity index (χ0n) is 11.1. The molecule has 2 rings (SSSR count). The van der Waals surface area contributed by atoms with Gasteiger partial charge in [-0.2, -0.15) is 0 Å². The van der Waals surface area contributed by atoms with Gasteiger partial charge in [-0.25, -0.2) is 4.98 Å². The Morgan fingerprint density at radius 2 is 1.57 bits per heavy atom. The minimum Gasteiger partial charge on any atom is -0.497 e. The molecule has 21 heavy (non-hydrogen) atoms. The smallest absolute Gasteiger partial charge is 0.271 e. The molecule has 0 atom stereocenters. The van der Waals surface area contributed by atoms with E-state index in [0.29, 0.717) is 11.3 Å². The third kappa shape index (κ3) is 3.93. The maximum atomic E-state index is 11.8. The topological polar surface area (TPSA) is 80.3 Å². The first kappa shape index (κ1) is 14.8. The van der Waals surface area contributed by atoms with E-state index in [9.17, 15) is 9.59 Å². The summed E-state index contributed by atoms with van der Waals surface area (Å²) < 4.78 is 5.00. The second-order valence-corrected chi connectivity index (χ2v) is 4.39. The van der Waals surface area contributed by atoms with Gasteiger partial charge in [-0.15, -0.1) is 0 Å². The number of hydrogen-bond acceptors (Lipinski definition) is 4. The average molecular weight is 306 g/mol. The Labute approximate surface area is 126 Å². The number of hydrogen-bond donors (Lipinski definition) is 2. The van der Waals surface area contributed by atoms with Crippen molar-refractivity contribution in [3.63, 3.8) is 0 Å². The Morgan fingerprint density at radius 3 is 2.10 bits per heavy atom. The quantitative estimate of drug-likeness (QED) is 0.669. The van der Waals surface area contributed by atoms with Gasteiger partial charge in [-0.05, 0) is 36.4 Å². The number of hydrazine groups is 1. The van der Waals surface area contributed by atoms with Gasteiger partial charge in [0, 0.05) is 11.8 Å². The van der Waals surface area contributed by atoms with E-state index in [4.69, 9.17) is 16.3 Å². The molecular formula is C14H12ClN3O3. The van der Waals surface area contributed by atoms with Crippen molar-refractivity contribution in [1.29, 1.82) is 0 Å². The molecule has 0 aliphatic carbocycles. The molecule has 0 aliphatic rings. The van der Waals surface area contributed by atoms with E-state index in [2.05, 4.69) is 15.8 Å². The molecule has 2 N–H and O–H groups in total. The van der Waals surface area contributed by atoms with E-state index in [-0.39, 0.29) is 10.7 Å². The van der Waals surface area contributed by atoms with Crippen molar-refractivity contribution in [2.24, 2.45) is 0 Å². The number of carbonyl (C=O) groups excluding carboxylic acids is 2. The van der Waals surface area contributed by atoms with Crippen LogP contribution in [-0.2, 0) is 0 Å². The van der Waals surface area contributed by atoms with Crippen LogP contribution in [0.4, 0.5) is 0 Å². The lowest BCUT2D eigenvalue weighted by molar-refractivity contribution is 0.0846. The first-order valence-electron chi connectivity index (χ1n) is 5.96. The molecule has 0 unspecified atom stereocenters. The molecule has 0 saturated heterocycles. The number of nitrogens with one attached hydrogen (secondary N) is 2. The van der Waals surface area contributed by atoms with Crippen molar-refractivity contribution in [3.05, 3.63) is 58.9 Å². The van der Waals surface area contributed by atoms with Crippen LogP contribution in [0.5, 0.6) is 5.75 Å². The number of benzene rings is 1. The average Bonchev–Trinajstić information content (AvgIpc) is 2.53. The monoisotopic (exact) mass is 305 g/mol. The zero-order chi connectivity index (χ0) is 15.2. The van der Waals surface area contributed by atoms with Crippen LogP contribution in [0, 0.1) is 0 Å². The van der Waals surface area contributed by atoms with Crippen molar-refractivity contribution >= 4 is 23.4 Å². The minimum absolute atomic E-state index is 0.286. The van der Waals surface area contributed by atoms with Crippen LogP contribution in [0.25, 0.3) is 0 Å². The number of halogens is 1. The molecule has 1 aromatic carbocycles. The summed E-state index contributed by atoms with van der Waals surface area (Å²) in [6, 6.07) is 9.47. The molecule has 0 saturated carbocycles. The molecule has 2 aromatic rings. The van der Waals surface area contributed by atoms with Gasteiger partial charge in [0.25, 0.3) is 11.8 Å². The fourth-order valence-electron chi connectivity index (χ4n) is 1.51. The summed E-state index contributed by atoms with van der Waals surface area (Å²) in [5.74, 6) is -0.281. The van der Waals surface area contributed by atoms with E-state index >= 15 is 0 Å². The SMILES string of the molecule is COc1ccc(C(=O)NNC(=O)c2ccc(Cl)nc2)cc1. The summed E-state index contributed by atoms with van der Waals surface area (Å²) in [4.78, 5) is 27.4. The third-order valence-corrected chi connectivity index (χ3v) is 2.85. The highest BCUT2D eigenvalue weighted by Gasteiger charge is 2.09. The van der Waals surface area contributed by atoms with Gasteiger partial charge in [-0.1, -0.05) is 11.6 Å². The highest BCUT2D eigenvalue weighted by Crippen LogP contribution is 2.11. The number of carbonyl (C=O) groups is 2. The van der Waals surface area contributed by atoms with Gasteiger partial charge in [0.15, 0.2) is 0 Å². The molecule has 0 bridgehead atoms. The summed E-state index contributed by atoms with van der Waals surface area (Å²) in [6.07, 6.45) is 1.32. The van der Waals surface area contributed by atoms with Crippen molar-refractivity contribution in [3.8, 4) is 5.75 Å². The molecule has 0 radical (unpaired) electrons. The number of aromatic nitrogens is 1. The fraction of sp³-hybridized carbons (Fsp3) is 0.0714. The standard InChI is InChI=1S/C14H12ClN3O3/c1-21-11-5-2-9(3-6-11)13(19)17-18-14(20)10-4-7-12(15)16-8-10/h2-8H,1H3,(H,17,19)(H,18,20). The number of rotatable bonds is 3. The molecule has 0 spiro atoms. The van der Waals surface area contributed by atoms with Crippen LogP contribution in [0.3, 0.4) is 0 Å². The number of amides is 2. The van der Waals surface area contributed by atoms with Gasteiger partial charge >= 0.3 is 0 Å². The summed E-state index contributed by atoms with van der Waals surface area (Å²) >= 11 is 5.63. The predicted octanol–water partition coefficient (Wildman–Crippen LogP) is 1.82. The van der Waals surface area contributed by atoms with E-state index in [0.717, 1.165) is 0 Å². The Balaban J connectivity index is 1.93. The first-order chi connectivity index (χ1) is 10.1. The lowest BCUT2D eigenvalue weighted by atomic mass is 10.2. The molecule has 0 fully saturated rings. The number of methoxy groups -OCH3 is 1. The number of nitrogens with zero attached hydrogens (tertiary/aromatic N) is 1. The maximum Gasteiger partial charge on any atom is 0.271 e. The minimum atomic E-state index is -0.485. The van der Waals surface area contributed by atoms with Crippen LogP contribution >= 0.6 is 11.6 Å². The lowest BCUT2D eigenvalue weighted by Crippen LogP contribution is -2.41. The van der Waals surface area contributed by atoms with Gasteiger partial charge in [-0.3, -0.25) is 20.4 Å². The molecule has 7 heteroatoms. The van der Waals surface area contributed by atoms with Crippen LogP contribution in [-0.4, -0.2) is 23.9 Å². The van der Waals surface area contributed by atoms with Crippen LogP contribution in [0.2, 0.25) is 5.15 Å². The van der Waals surface area contributed by atoms with Crippen molar-refractivity contribution in [2.75, 3.05) is 7.11 Å². The molecule has 6 nitrogen and oxygen atoms in total. The number of ether oxygens (including phenoxy) is 1. The van der Waals surface area contributed by atoms with Crippen LogP contribution in [0.15, 0.2) is 42.6 Å². The van der Waals surface area contributed by atoms with Crippen molar-refractivity contribution < 1.29 is 14.3 Å². The Kier molecular flexibility index (Phi) is 4.73. The van der Waals surface area contributed by atoms with Gasteiger partial charge < -0.3 is 4.74 Å². The highest BCUT2D eigenvalue weighted by atomic mass is 35.5. The van der Waals surface area contributed by atoms with Crippen LogP contribution < -0.4 is 15.6 Å². The first-order valence-corrected chi connectivity index (χ1v) is 6.34. The summed E-state index contributed by atoms with van der Waals surface area (Å²) in [7, 11) is 1.54. The molecule has 1 heterocycles. The summed E-state index contributed by atoms with van der Waals surface area (Å²) in [5, 5.41) is 0.286. The molecule has 108 valence electrons. The van der Waals surface area contributed by atoms with Gasteiger partial charge in [0.05, 0.1) is 12.7 Å². The second kappa shape index (κ2) is 6.71. The normalized spacial score (nSPS) is 9.81. The molecule has 0 aliphatic heterocycles. The third-order valence-electron chi connectivity index (χ3n) is 2.63. The Bertz CT molecular complexity index is 642. The Morgan fingerprint density at radius 1 is 1.00 bits per heavy atom. The van der Waals surface area contributed by atoms with E-state index < -0.39 is 11.8 Å². The van der Waals surface area contributed by atoms with Crippen LogP contribution in [0.1, 0.15) is 20.7 Å². The van der Waals surface area contributed by atoms with Gasteiger partial charge in [0.1, 0.15) is 10.9 Å². The predicted molar refractivity (Wildman–Crippen MR) is 77.2 cm³/mol. The highest BCUT2D eigenvalue weighted by molar-refractivity contribution is 6.29.